The number of hydrogen-bond acceptors (Lipinski definition) is 5. The molecule has 3 rings (SSSR count). The summed E-state index contributed by atoms with van der Waals surface area (Å²) in [6, 6.07) is 5.59. The van der Waals surface area contributed by atoms with Crippen LogP contribution in [0, 0.1) is 6.92 Å². The van der Waals surface area contributed by atoms with E-state index < -0.39 is 17.8 Å². The van der Waals surface area contributed by atoms with Crippen molar-refractivity contribution in [1.82, 2.24) is 5.32 Å². The summed E-state index contributed by atoms with van der Waals surface area (Å²) in [4.78, 5) is 38.6. The SMILES string of the molecule is COc1cc(/C=C2\C(=O)NC(=O)N(c3ccc(Br)c(C)c3)C2=O)c(Br)c(Br)c1O. The molecule has 2 aromatic rings. The van der Waals surface area contributed by atoms with Crippen molar-refractivity contribution in [3.05, 3.63) is 54.4 Å². The number of carbonyl (C=O) groups excluding carboxylic acids is 3. The van der Waals surface area contributed by atoms with Crippen molar-refractivity contribution in [2.45, 2.75) is 6.92 Å². The van der Waals surface area contributed by atoms with Gasteiger partial charge in [-0.1, -0.05) is 15.9 Å². The lowest BCUT2D eigenvalue weighted by Crippen LogP contribution is -2.54. The van der Waals surface area contributed by atoms with Crippen LogP contribution in [0.2, 0.25) is 0 Å². The molecule has 1 fully saturated rings. The van der Waals surface area contributed by atoms with E-state index in [9.17, 15) is 19.5 Å². The fourth-order valence-electron chi connectivity index (χ4n) is 2.69. The molecule has 29 heavy (non-hydrogen) atoms. The van der Waals surface area contributed by atoms with Crippen LogP contribution >= 0.6 is 47.8 Å². The number of barbiturate groups is 1. The van der Waals surface area contributed by atoms with Crippen LogP contribution in [0.3, 0.4) is 0 Å². The molecule has 4 amide bonds. The molecule has 1 saturated heterocycles. The number of ether oxygens (including phenoxy) is 1. The minimum atomic E-state index is -0.831. The van der Waals surface area contributed by atoms with Gasteiger partial charge in [-0.3, -0.25) is 14.9 Å². The number of amides is 4. The molecule has 2 aromatic carbocycles. The summed E-state index contributed by atoms with van der Waals surface area (Å²) in [5.41, 5.74) is 1.30. The van der Waals surface area contributed by atoms with Crippen molar-refractivity contribution in [3.63, 3.8) is 0 Å². The normalized spacial score (nSPS) is 15.7. The molecular weight excluding hydrogens is 576 g/mol. The molecule has 0 aromatic heterocycles. The van der Waals surface area contributed by atoms with Crippen molar-refractivity contribution in [2.24, 2.45) is 0 Å². The molecule has 1 heterocycles. The summed E-state index contributed by atoms with van der Waals surface area (Å²) in [5, 5.41) is 12.2. The van der Waals surface area contributed by atoms with Gasteiger partial charge < -0.3 is 9.84 Å². The molecular formula is C19H13Br3N2O5. The van der Waals surface area contributed by atoms with E-state index in [0.29, 0.717) is 20.2 Å². The third kappa shape index (κ3) is 3.96. The van der Waals surface area contributed by atoms with Gasteiger partial charge in [-0.25, -0.2) is 9.69 Å². The Morgan fingerprint density at radius 1 is 1.10 bits per heavy atom. The number of anilines is 1. The van der Waals surface area contributed by atoms with Gasteiger partial charge in [0, 0.05) is 8.95 Å². The molecule has 2 N–H and O–H groups in total. The molecule has 0 radical (unpaired) electrons. The number of carbonyl (C=O) groups is 3. The first-order valence-corrected chi connectivity index (χ1v) is 10.5. The first kappa shape index (κ1) is 21.5. The Morgan fingerprint density at radius 3 is 2.41 bits per heavy atom. The van der Waals surface area contributed by atoms with E-state index in [0.717, 1.165) is 14.9 Å². The number of aromatic hydroxyl groups is 1. The maximum atomic E-state index is 13.0. The Balaban J connectivity index is 2.11. The lowest BCUT2D eigenvalue weighted by atomic mass is 10.1. The predicted molar refractivity (Wildman–Crippen MR) is 118 cm³/mol. The van der Waals surface area contributed by atoms with Crippen LogP contribution in [0.5, 0.6) is 11.5 Å². The van der Waals surface area contributed by atoms with Crippen LogP contribution in [-0.4, -0.2) is 30.1 Å². The van der Waals surface area contributed by atoms with Crippen LogP contribution in [0.25, 0.3) is 6.08 Å². The van der Waals surface area contributed by atoms with Gasteiger partial charge in [0.05, 0.1) is 17.3 Å². The zero-order chi connectivity index (χ0) is 21.5. The van der Waals surface area contributed by atoms with E-state index in [1.54, 1.807) is 18.2 Å². The Kier molecular flexibility index (Phi) is 6.16. The van der Waals surface area contributed by atoms with E-state index in [1.807, 2.05) is 6.92 Å². The number of methoxy groups -OCH3 is 1. The van der Waals surface area contributed by atoms with Gasteiger partial charge >= 0.3 is 6.03 Å². The number of halogens is 3. The van der Waals surface area contributed by atoms with Gasteiger partial charge in [0.25, 0.3) is 11.8 Å². The molecule has 10 heteroatoms. The highest BCUT2D eigenvalue weighted by atomic mass is 79.9. The van der Waals surface area contributed by atoms with E-state index in [-0.39, 0.29) is 17.1 Å². The number of rotatable bonds is 3. The lowest BCUT2D eigenvalue weighted by molar-refractivity contribution is -0.122. The third-order valence-corrected chi connectivity index (χ3v) is 7.24. The second kappa shape index (κ2) is 8.29. The standard InChI is InChI=1S/C19H13Br3N2O5/c1-8-5-10(3-4-12(8)20)24-18(27)11(17(26)23-19(24)28)6-9-7-13(29-2)16(25)15(22)14(9)21/h3-7,25H,1-2H3,(H,23,26,28)/b11-6+. The maximum absolute atomic E-state index is 13.0. The number of nitrogens with zero attached hydrogens (tertiary/aromatic N) is 1. The molecule has 0 bridgehead atoms. The summed E-state index contributed by atoms with van der Waals surface area (Å²) in [5.74, 6) is -1.58. The third-order valence-electron chi connectivity index (χ3n) is 4.20. The maximum Gasteiger partial charge on any atom is 0.335 e. The Bertz CT molecular complexity index is 1100. The molecule has 1 aliphatic rings. The largest absolute Gasteiger partial charge is 0.503 e. The number of nitrogens with one attached hydrogen (secondary N) is 1. The van der Waals surface area contributed by atoms with Crippen LogP contribution in [0.15, 0.2) is 43.3 Å². The van der Waals surface area contributed by atoms with E-state index in [4.69, 9.17) is 4.74 Å². The van der Waals surface area contributed by atoms with E-state index in [1.165, 1.54) is 19.3 Å². The van der Waals surface area contributed by atoms with Crippen molar-refractivity contribution in [3.8, 4) is 11.5 Å². The number of aryl methyl sites for hydroxylation is 1. The highest BCUT2D eigenvalue weighted by molar-refractivity contribution is 9.13. The minimum Gasteiger partial charge on any atom is -0.503 e. The zero-order valence-electron chi connectivity index (χ0n) is 15.0. The Hall–Kier alpha value is -2.17. The fourth-order valence-corrected chi connectivity index (χ4v) is 3.78. The Morgan fingerprint density at radius 2 is 1.79 bits per heavy atom. The average molecular weight is 589 g/mol. The van der Waals surface area contributed by atoms with Crippen LogP contribution in [-0.2, 0) is 9.59 Å². The molecule has 0 atom stereocenters. The van der Waals surface area contributed by atoms with Crippen molar-refractivity contribution < 1.29 is 24.2 Å². The molecule has 7 nitrogen and oxygen atoms in total. The van der Waals surface area contributed by atoms with Crippen molar-refractivity contribution in [1.29, 1.82) is 0 Å². The van der Waals surface area contributed by atoms with Crippen molar-refractivity contribution in [2.75, 3.05) is 12.0 Å². The molecule has 0 spiro atoms. The molecule has 0 unspecified atom stereocenters. The lowest BCUT2D eigenvalue weighted by Gasteiger charge is -2.27. The number of imide groups is 2. The molecule has 0 aliphatic carbocycles. The fraction of sp³-hybridized carbons (Fsp3) is 0.105. The van der Waals surface area contributed by atoms with E-state index in [2.05, 4.69) is 53.1 Å². The topological polar surface area (TPSA) is 95.9 Å². The second-order valence-electron chi connectivity index (χ2n) is 6.04. The summed E-state index contributed by atoms with van der Waals surface area (Å²) in [6.07, 6.45) is 1.32. The predicted octanol–water partition coefficient (Wildman–Crippen LogP) is 4.66. The van der Waals surface area contributed by atoms with Gasteiger partial charge in [-0.05, 0) is 80.3 Å². The van der Waals surface area contributed by atoms with Gasteiger partial charge in [0.2, 0.25) is 0 Å². The molecule has 0 saturated carbocycles. The van der Waals surface area contributed by atoms with Crippen LogP contribution in [0.4, 0.5) is 10.5 Å². The second-order valence-corrected chi connectivity index (χ2v) is 8.48. The van der Waals surface area contributed by atoms with Gasteiger partial charge in [0.1, 0.15) is 5.57 Å². The summed E-state index contributed by atoms with van der Waals surface area (Å²) >= 11 is 9.92. The summed E-state index contributed by atoms with van der Waals surface area (Å²) in [6.45, 7) is 1.82. The number of benzene rings is 2. The van der Waals surface area contributed by atoms with E-state index >= 15 is 0 Å². The minimum absolute atomic E-state index is 0.136. The highest BCUT2D eigenvalue weighted by Gasteiger charge is 2.37. The molecule has 150 valence electrons. The van der Waals surface area contributed by atoms with Gasteiger partial charge in [-0.2, -0.15) is 0 Å². The number of hydrogen-bond donors (Lipinski definition) is 2. The highest BCUT2D eigenvalue weighted by Crippen LogP contribution is 2.42. The molecule has 1 aliphatic heterocycles. The van der Waals surface area contributed by atoms with Gasteiger partial charge in [-0.15, -0.1) is 0 Å². The quantitative estimate of drug-likeness (QED) is 0.402. The van der Waals surface area contributed by atoms with Crippen LogP contribution in [0.1, 0.15) is 11.1 Å². The van der Waals surface area contributed by atoms with Crippen LogP contribution < -0.4 is 15.0 Å². The zero-order valence-corrected chi connectivity index (χ0v) is 19.8. The first-order chi connectivity index (χ1) is 13.6. The van der Waals surface area contributed by atoms with Gasteiger partial charge in [0.15, 0.2) is 11.5 Å². The number of urea groups is 1. The first-order valence-electron chi connectivity index (χ1n) is 8.08. The average Bonchev–Trinajstić information content (AvgIpc) is 2.67. The Labute approximate surface area is 191 Å². The van der Waals surface area contributed by atoms with Crippen molar-refractivity contribution >= 4 is 77.4 Å². The summed E-state index contributed by atoms with van der Waals surface area (Å²) < 4.78 is 6.64. The number of phenols is 1. The smallest absolute Gasteiger partial charge is 0.335 e. The number of phenolic OH excluding ortho intramolecular Hbond substituents is 1. The summed E-state index contributed by atoms with van der Waals surface area (Å²) in [7, 11) is 1.38. The monoisotopic (exact) mass is 586 g/mol.